The van der Waals surface area contributed by atoms with E-state index in [0.717, 1.165) is 18.8 Å². The maximum absolute atomic E-state index is 12.9. The lowest BCUT2D eigenvalue weighted by atomic mass is 9.86. The van der Waals surface area contributed by atoms with Gasteiger partial charge in [0.05, 0.1) is 0 Å². The van der Waals surface area contributed by atoms with Crippen molar-refractivity contribution in [3.63, 3.8) is 0 Å². The van der Waals surface area contributed by atoms with Gasteiger partial charge < -0.3 is 15.5 Å². The van der Waals surface area contributed by atoms with Gasteiger partial charge in [0.2, 0.25) is 0 Å². The molecule has 1 aromatic carbocycles. The third-order valence-corrected chi connectivity index (χ3v) is 4.40. The Balaban J connectivity index is 2.00. The molecule has 112 valence electrons. The minimum absolute atomic E-state index is 0.0906. The largest absolute Gasteiger partial charge is 0.341 e. The van der Waals surface area contributed by atoms with Crippen molar-refractivity contribution in [2.24, 2.45) is 0 Å². The molecule has 2 N–H and O–H groups in total. The molecule has 2 saturated heterocycles. The average Bonchev–Trinajstić information content (AvgIpc) is 2.81. The molecule has 21 heavy (non-hydrogen) atoms. The van der Waals surface area contributed by atoms with Crippen molar-refractivity contribution in [1.82, 2.24) is 15.5 Å². The topological polar surface area (TPSA) is 64.7 Å². The van der Waals surface area contributed by atoms with Crippen molar-refractivity contribution < 1.29 is 9.59 Å². The van der Waals surface area contributed by atoms with Crippen LogP contribution in [0.3, 0.4) is 0 Å². The first-order valence-electron chi connectivity index (χ1n) is 7.26. The number of piperidine rings is 1. The molecule has 2 heterocycles. The number of hydrogen-bond acceptors (Lipinski definition) is 4. The van der Waals surface area contributed by atoms with E-state index in [1.54, 1.807) is 7.05 Å². The van der Waals surface area contributed by atoms with Gasteiger partial charge in [-0.3, -0.25) is 4.79 Å². The molecule has 6 nitrogen and oxygen atoms in total. The number of anilines is 1. The highest BCUT2D eigenvalue weighted by Gasteiger charge is 2.54. The fourth-order valence-electron chi connectivity index (χ4n) is 3.26. The Morgan fingerprint density at radius 2 is 1.90 bits per heavy atom. The second-order valence-corrected chi connectivity index (χ2v) is 5.47. The lowest BCUT2D eigenvalue weighted by molar-refractivity contribution is -0.130. The van der Waals surface area contributed by atoms with Gasteiger partial charge >= 0.3 is 6.03 Å². The molecule has 3 rings (SSSR count). The Labute approximate surface area is 124 Å². The minimum atomic E-state index is -0.598. The summed E-state index contributed by atoms with van der Waals surface area (Å²) in [5, 5.41) is 5.84. The van der Waals surface area contributed by atoms with Crippen molar-refractivity contribution in [2.45, 2.75) is 18.4 Å². The summed E-state index contributed by atoms with van der Waals surface area (Å²) in [5.41, 5.74) is 0.387. The molecule has 0 saturated carbocycles. The van der Waals surface area contributed by atoms with Gasteiger partial charge in [-0.25, -0.2) is 9.69 Å². The van der Waals surface area contributed by atoms with Crippen LogP contribution in [0.2, 0.25) is 0 Å². The molecule has 0 radical (unpaired) electrons. The Morgan fingerprint density at radius 1 is 1.24 bits per heavy atom. The Morgan fingerprint density at radius 3 is 2.52 bits per heavy atom. The highest BCUT2D eigenvalue weighted by atomic mass is 16.2. The lowest BCUT2D eigenvalue weighted by Crippen LogP contribution is -2.56. The number of amides is 3. The van der Waals surface area contributed by atoms with E-state index >= 15 is 0 Å². The van der Waals surface area contributed by atoms with Gasteiger partial charge in [-0.1, -0.05) is 18.2 Å². The number of rotatable bonds is 1. The van der Waals surface area contributed by atoms with Crippen molar-refractivity contribution >= 4 is 17.6 Å². The van der Waals surface area contributed by atoms with Crippen LogP contribution in [0, 0.1) is 0 Å². The summed E-state index contributed by atoms with van der Waals surface area (Å²) in [5.74, 6) is -0.0906. The molecule has 2 fully saturated rings. The van der Waals surface area contributed by atoms with E-state index in [4.69, 9.17) is 0 Å². The fraction of sp³-hybridized carbons (Fsp3) is 0.467. The van der Waals surface area contributed by atoms with E-state index in [-0.39, 0.29) is 11.9 Å². The molecule has 6 heteroatoms. The van der Waals surface area contributed by atoms with Crippen LogP contribution in [0.15, 0.2) is 30.3 Å². The average molecular weight is 288 g/mol. The summed E-state index contributed by atoms with van der Waals surface area (Å²) in [6.45, 7) is 1.88. The van der Waals surface area contributed by atoms with E-state index in [2.05, 4.69) is 15.5 Å². The molecule has 0 bridgehead atoms. The number of nitrogens with one attached hydrogen (secondary N) is 2. The van der Waals surface area contributed by atoms with E-state index in [9.17, 15) is 9.59 Å². The van der Waals surface area contributed by atoms with Gasteiger partial charge in [0.15, 0.2) is 0 Å². The Hall–Kier alpha value is -2.08. The first-order valence-corrected chi connectivity index (χ1v) is 7.26. The van der Waals surface area contributed by atoms with Gasteiger partial charge in [0.1, 0.15) is 12.2 Å². The monoisotopic (exact) mass is 288 g/mol. The number of urea groups is 1. The second kappa shape index (κ2) is 5.37. The number of hydrogen-bond donors (Lipinski definition) is 2. The van der Waals surface area contributed by atoms with Crippen molar-refractivity contribution in [2.75, 3.05) is 31.7 Å². The normalized spacial score (nSPS) is 20.9. The van der Waals surface area contributed by atoms with Crippen LogP contribution in [-0.4, -0.2) is 49.2 Å². The molecular formula is C15H20N4O2. The van der Waals surface area contributed by atoms with Crippen LogP contribution in [-0.2, 0) is 4.79 Å². The van der Waals surface area contributed by atoms with Crippen LogP contribution < -0.4 is 15.5 Å². The first-order chi connectivity index (χ1) is 10.2. The highest BCUT2D eigenvalue weighted by Crippen LogP contribution is 2.37. The molecule has 1 spiro atoms. The summed E-state index contributed by atoms with van der Waals surface area (Å²) in [6, 6.07) is 9.51. The van der Waals surface area contributed by atoms with Gasteiger partial charge in [-0.15, -0.1) is 0 Å². The van der Waals surface area contributed by atoms with Gasteiger partial charge in [-0.05, 0) is 38.1 Å². The molecule has 1 aromatic rings. The third kappa shape index (κ3) is 2.15. The zero-order valence-electron chi connectivity index (χ0n) is 12.1. The second-order valence-electron chi connectivity index (χ2n) is 5.47. The number of carbonyl (C=O) groups excluding carboxylic acids is 2. The van der Waals surface area contributed by atoms with E-state index < -0.39 is 5.54 Å². The third-order valence-electron chi connectivity index (χ3n) is 4.40. The molecule has 3 amide bonds. The molecule has 2 aliphatic rings. The predicted octanol–water partition coefficient (Wildman–Crippen LogP) is 0.754. The minimum Gasteiger partial charge on any atom is -0.341 e. The molecule has 0 unspecified atom stereocenters. The highest BCUT2D eigenvalue weighted by molar-refractivity contribution is 6.04. The zero-order chi connectivity index (χ0) is 14.9. The molecule has 2 aliphatic heterocycles. The number of para-hydroxylation sites is 1. The summed E-state index contributed by atoms with van der Waals surface area (Å²) in [4.78, 5) is 28.2. The first kappa shape index (κ1) is 13.9. The molecule has 0 atom stereocenters. The maximum atomic E-state index is 12.9. The Kier molecular flexibility index (Phi) is 3.55. The van der Waals surface area contributed by atoms with E-state index in [1.165, 1.54) is 4.90 Å². The maximum Gasteiger partial charge on any atom is 0.325 e. The van der Waals surface area contributed by atoms with Crippen LogP contribution in [0.4, 0.5) is 10.5 Å². The molecule has 0 aromatic heterocycles. The number of nitrogens with zero attached hydrogens (tertiary/aromatic N) is 2. The predicted molar refractivity (Wildman–Crippen MR) is 79.9 cm³/mol. The quantitative estimate of drug-likeness (QED) is 0.800. The Bertz CT molecular complexity index is 540. The van der Waals surface area contributed by atoms with Gasteiger partial charge in [0.25, 0.3) is 5.91 Å². The van der Waals surface area contributed by atoms with Crippen molar-refractivity contribution in [3.8, 4) is 0 Å². The zero-order valence-corrected chi connectivity index (χ0v) is 12.1. The number of benzene rings is 1. The summed E-state index contributed by atoms with van der Waals surface area (Å²) >= 11 is 0. The standard InChI is InChI=1S/C15H20N4O2/c1-16-14(21)18-11-19(12-5-3-2-4-6-12)15(13(18)20)7-9-17-10-8-15/h2-6,17H,7-11H2,1H3,(H,16,21). The van der Waals surface area contributed by atoms with Crippen molar-refractivity contribution in [3.05, 3.63) is 30.3 Å². The molecule has 0 aliphatic carbocycles. The van der Waals surface area contributed by atoms with Gasteiger partial charge in [-0.2, -0.15) is 0 Å². The van der Waals surface area contributed by atoms with Crippen LogP contribution >= 0.6 is 0 Å². The smallest absolute Gasteiger partial charge is 0.325 e. The number of carbonyl (C=O) groups is 2. The summed E-state index contributed by atoms with van der Waals surface area (Å²) in [7, 11) is 1.55. The lowest BCUT2D eigenvalue weighted by Gasteiger charge is -2.39. The van der Waals surface area contributed by atoms with Crippen LogP contribution in [0.25, 0.3) is 0 Å². The van der Waals surface area contributed by atoms with Crippen LogP contribution in [0.1, 0.15) is 12.8 Å². The van der Waals surface area contributed by atoms with Crippen LogP contribution in [0.5, 0.6) is 0 Å². The van der Waals surface area contributed by atoms with E-state index in [1.807, 2.05) is 30.3 Å². The fourth-order valence-corrected chi connectivity index (χ4v) is 3.26. The molecular weight excluding hydrogens is 268 g/mol. The SMILES string of the molecule is CNC(=O)N1CN(c2ccccc2)C2(CCNCC2)C1=O. The summed E-state index contributed by atoms with van der Waals surface area (Å²) in [6.07, 6.45) is 1.43. The number of imide groups is 1. The summed E-state index contributed by atoms with van der Waals surface area (Å²) < 4.78 is 0. The van der Waals surface area contributed by atoms with Gasteiger partial charge in [0, 0.05) is 12.7 Å². The van der Waals surface area contributed by atoms with E-state index in [0.29, 0.717) is 19.5 Å². The van der Waals surface area contributed by atoms with Crippen molar-refractivity contribution in [1.29, 1.82) is 0 Å².